The first-order valence-corrected chi connectivity index (χ1v) is 10.9. The van der Waals surface area contributed by atoms with Crippen LogP contribution < -0.4 is 20.1 Å². The molecule has 1 unspecified atom stereocenters. The van der Waals surface area contributed by atoms with E-state index in [1.54, 1.807) is 0 Å². The lowest BCUT2D eigenvalue weighted by atomic mass is 10.1. The number of fused-ring (bicyclic) bond motifs is 1. The molecule has 1 atom stereocenters. The number of hydrogen-bond acceptors (Lipinski definition) is 4. The fraction of sp³-hybridized carbons (Fsp3) is 0.107. The highest BCUT2D eigenvalue weighted by Crippen LogP contribution is 2.34. The van der Waals surface area contributed by atoms with Crippen molar-refractivity contribution in [3.63, 3.8) is 0 Å². The molecule has 1 heterocycles. The molecule has 0 bridgehead atoms. The predicted molar refractivity (Wildman–Crippen MR) is 128 cm³/mol. The average molecular weight is 437 g/mol. The maximum Gasteiger partial charge on any atom is 0.255 e. The van der Waals surface area contributed by atoms with E-state index in [4.69, 9.17) is 9.47 Å². The summed E-state index contributed by atoms with van der Waals surface area (Å²) in [6.07, 6.45) is -0.366. The highest BCUT2D eigenvalue weighted by Gasteiger charge is 2.25. The number of nitrogens with one attached hydrogen (secondary N) is 2. The van der Waals surface area contributed by atoms with E-state index in [2.05, 4.69) is 10.6 Å². The number of para-hydroxylation sites is 1. The largest absolute Gasteiger partial charge is 0.485 e. The molecule has 1 aliphatic rings. The lowest BCUT2D eigenvalue weighted by molar-refractivity contribution is 0.0935. The van der Waals surface area contributed by atoms with Gasteiger partial charge in [-0.3, -0.25) is 4.79 Å². The summed E-state index contributed by atoms with van der Waals surface area (Å²) in [5, 5.41) is 6.41. The van der Waals surface area contributed by atoms with Crippen molar-refractivity contribution in [2.24, 2.45) is 0 Å². The molecule has 0 spiro atoms. The lowest BCUT2D eigenvalue weighted by Gasteiger charge is -2.28. The summed E-state index contributed by atoms with van der Waals surface area (Å²) < 4.78 is 12.3. The SMILES string of the molecule is O=C1NC(c2ccc(OCc3ccccc3)c(OCc3ccccc3)c2)Nc2ccccc21. The van der Waals surface area contributed by atoms with E-state index in [0.29, 0.717) is 30.3 Å². The van der Waals surface area contributed by atoms with E-state index in [1.165, 1.54) is 0 Å². The lowest BCUT2D eigenvalue weighted by Crippen LogP contribution is -2.38. The van der Waals surface area contributed by atoms with Gasteiger partial charge in [-0.1, -0.05) is 78.9 Å². The van der Waals surface area contributed by atoms with Crippen LogP contribution in [0.15, 0.2) is 103 Å². The summed E-state index contributed by atoms with van der Waals surface area (Å²) >= 11 is 0. The van der Waals surface area contributed by atoms with Gasteiger partial charge in [0.2, 0.25) is 0 Å². The van der Waals surface area contributed by atoms with Gasteiger partial charge in [-0.05, 0) is 41.0 Å². The number of carbonyl (C=O) groups is 1. The first kappa shape index (κ1) is 20.6. The maximum atomic E-state index is 12.6. The van der Waals surface area contributed by atoms with Gasteiger partial charge >= 0.3 is 0 Å². The molecule has 5 heteroatoms. The van der Waals surface area contributed by atoms with Gasteiger partial charge in [0.15, 0.2) is 11.5 Å². The molecule has 5 nitrogen and oxygen atoms in total. The van der Waals surface area contributed by atoms with Crippen LogP contribution >= 0.6 is 0 Å². The van der Waals surface area contributed by atoms with Crippen molar-refractivity contribution in [1.29, 1.82) is 0 Å². The van der Waals surface area contributed by atoms with Crippen LogP contribution in [0, 0.1) is 0 Å². The van der Waals surface area contributed by atoms with Crippen molar-refractivity contribution in [2.45, 2.75) is 19.4 Å². The fourth-order valence-corrected chi connectivity index (χ4v) is 3.78. The third-order valence-corrected chi connectivity index (χ3v) is 5.52. The molecule has 0 aromatic heterocycles. The number of amides is 1. The molecule has 0 saturated heterocycles. The zero-order chi connectivity index (χ0) is 22.5. The summed E-state index contributed by atoms with van der Waals surface area (Å²) in [5.41, 5.74) is 4.47. The summed E-state index contributed by atoms with van der Waals surface area (Å²) in [6.45, 7) is 0.854. The minimum Gasteiger partial charge on any atom is -0.485 e. The Labute approximate surface area is 193 Å². The second-order valence-corrected chi connectivity index (χ2v) is 7.85. The summed E-state index contributed by atoms with van der Waals surface area (Å²) in [6, 6.07) is 33.3. The molecule has 0 fully saturated rings. The monoisotopic (exact) mass is 436 g/mol. The van der Waals surface area contributed by atoms with Crippen molar-refractivity contribution in [3.8, 4) is 11.5 Å². The average Bonchev–Trinajstić information content (AvgIpc) is 2.87. The summed E-state index contributed by atoms with van der Waals surface area (Å²) in [4.78, 5) is 12.6. The van der Waals surface area contributed by atoms with Crippen LogP contribution in [0.5, 0.6) is 11.5 Å². The Bertz CT molecular complexity index is 1240. The molecule has 1 amide bonds. The molecule has 164 valence electrons. The summed E-state index contributed by atoms with van der Waals surface area (Å²) in [5.74, 6) is 1.17. The molecule has 0 radical (unpaired) electrons. The molecule has 1 aliphatic heterocycles. The van der Waals surface area contributed by atoms with Crippen LogP contribution in [0.1, 0.15) is 33.2 Å². The van der Waals surface area contributed by atoms with Crippen LogP contribution in [0.4, 0.5) is 5.69 Å². The first-order valence-electron chi connectivity index (χ1n) is 10.9. The Balaban J connectivity index is 1.40. The quantitative estimate of drug-likeness (QED) is 0.390. The third-order valence-electron chi connectivity index (χ3n) is 5.52. The Morgan fingerprint density at radius 2 is 1.24 bits per heavy atom. The third kappa shape index (κ3) is 4.83. The fourth-order valence-electron chi connectivity index (χ4n) is 3.78. The van der Waals surface area contributed by atoms with Crippen molar-refractivity contribution in [1.82, 2.24) is 5.32 Å². The van der Waals surface area contributed by atoms with Crippen molar-refractivity contribution in [3.05, 3.63) is 125 Å². The van der Waals surface area contributed by atoms with Crippen LogP contribution in [0.2, 0.25) is 0 Å². The normalized spacial score (nSPS) is 14.5. The predicted octanol–water partition coefficient (Wildman–Crippen LogP) is 5.70. The van der Waals surface area contributed by atoms with Gasteiger partial charge in [-0.15, -0.1) is 0 Å². The van der Waals surface area contributed by atoms with Gasteiger partial charge in [-0.2, -0.15) is 0 Å². The maximum absolute atomic E-state index is 12.6. The van der Waals surface area contributed by atoms with Gasteiger partial charge in [0, 0.05) is 5.69 Å². The minimum absolute atomic E-state index is 0.106. The second kappa shape index (κ2) is 9.49. The Morgan fingerprint density at radius 1 is 0.636 bits per heavy atom. The van der Waals surface area contributed by atoms with E-state index >= 15 is 0 Å². The Kier molecular flexibility index (Phi) is 5.93. The number of carbonyl (C=O) groups excluding carboxylic acids is 1. The van der Waals surface area contributed by atoms with E-state index in [9.17, 15) is 4.79 Å². The second-order valence-electron chi connectivity index (χ2n) is 7.85. The number of ether oxygens (including phenoxy) is 2. The van der Waals surface area contributed by atoms with Gasteiger partial charge < -0.3 is 20.1 Å². The van der Waals surface area contributed by atoms with Crippen molar-refractivity contribution >= 4 is 11.6 Å². The Hall–Kier alpha value is -4.25. The number of rotatable bonds is 7. The van der Waals surface area contributed by atoms with Crippen LogP contribution in [-0.4, -0.2) is 5.91 Å². The molecule has 2 N–H and O–H groups in total. The van der Waals surface area contributed by atoms with Crippen molar-refractivity contribution < 1.29 is 14.3 Å². The zero-order valence-electron chi connectivity index (χ0n) is 18.0. The summed E-state index contributed by atoms with van der Waals surface area (Å²) in [7, 11) is 0. The van der Waals surface area contributed by atoms with Crippen molar-refractivity contribution in [2.75, 3.05) is 5.32 Å². The van der Waals surface area contributed by atoms with Gasteiger partial charge in [0.05, 0.1) is 5.56 Å². The molecule has 5 rings (SSSR count). The van der Waals surface area contributed by atoms with E-state index < -0.39 is 0 Å². The Morgan fingerprint density at radius 3 is 1.94 bits per heavy atom. The van der Waals surface area contributed by atoms with Crippen LogP contribution in [-0.2, 0) is 13.2 Å². The zero-order valence-corrected chi connectivity index (χ0v) is 18.0. The van der Waals surface area contributed by atoms with E-state index in [-0.39, 0.29) is 12.1 Å². The van der Waals surface area contributed by atoms with E-state index in [0.717, 1.165) is 22.4 Å². The molecule has 33 heavy (non-hydrogen) atoms. The van der Waals surface area contributed by atoms with E-state index in [1.807, 2.05) is 103 Å². The van der Waals surface area contributed by atoms with Crippen LogP contribution in [0.25, 0.3) is 0 Å². The molecule has 4 aromatic rings. The van der Waals surface area contributed by atoms with Gasteiger partial charge in [0.1, 0.15) is 19.4 Å². The molecule has 4 aromatic carbocycles. The van der Waals surface area contributed by atoms with Crippen LogP contribution in [0.3, 0.4) is 0 Å². The molecular formula is C28H24N2O3. The first-order chi connectivity index (χ1) is 16.3. The minimum atomic E-state index is -0.366. The van der Waals surface area contributed by atoms with Gasteiger partial charge in [-0.25, -0.2) is 0 Å². The molecule has 0 saturated carbocycles. The number of hydrogen-bond donors (Lipinski definition) is 2. The molecular weight excluding hydrogens is 412 g/mol. The number of benzene rings is 4. The molecule has 0 aliphatic carbocycles. The highest BCUT2D eigenvalue weighted by atomic mass is 16.5. The number of anilines is 1. The smallest absolute Gasteiger partial charge is 0.255 e. The van der Waals surface area contributed by atoms with Gasteiger partial charge in [0.25, 0.3) is 5.91 Å². The standard InChI is InChI=1S/C28H24N2O3/c31-28-23-13-7-8-14-24(23)29-27(30-28)22-15-16-25(32-18-20-9-3-1-4-10-20)26(17-22)33-19-21-11-5-2-6-12-21/h1-17,27,29H,18-19H2,(H,30,31). The topological polar surface area (TPSA) is 59.6 Å². The highest BCUT2D eigenvalue weighted by molar-refractivity contribution is 6.01.